The number of halogens is 2. The van der Waals surface area contributed by atoms with Gasteiger partial charge in [0.1, 0.15) is 28.2 Å². The monoisotopic (exact) mass is 410 g/mol. The van der Waals surface area contributed by atoms with Crippen LogP contribution >= 0.6 is 11.3 Å². The Morgan fingerprint density at radius 3 is 2.43 bits per heavy atom. The Kier molecular flexibility index (Phi) is 7.98. The molecule has 9 heteroatoms. The van der Waals surface area contributed by atoms with E-state index in [0.29, 0.717) is 5.13 Å². The maximum atomic E-state index is 13.8. The molecule has 1 unspecified atom stereocenters. The molecule has 0 fully saturated rings. The molecule has 1 heterocycles. The summed E-state index contributed by atoms with van der Waals surface area (Å²) in [6, 6.07) is 2.16. The Hall–Kier alpha value is -2.42. The first-order valence-corrected chi connectivity index (χ1v) is 10.0. The summed E-state index contributed by atoms with van der Waals surface area (Å²) in [4.78, 5) is 24.9. The van der Waals surface area contributed by atoms with E-state index in [4.69, 9.17) is 0 Å². The van der Waals surface area contributed by atoms with Crippen molar-refractivity contribution in [3.8, 4) is 0 Å². The molecule has 2 aromatic rings. The zero-order chi connectivity index (χ0) is 20.7. The minimum absolute atomic E-state index is 0.310. The predicted molar refractivity (Wildman–Crippen MR) is 104 cm³/mol. The van der Waals surface area contributed by atoms with Crippen LogP contribution in [0.3, 0.4) is 0 Å². The molecule has 0 aliphatic carbocycles. The number of aryl methyl sites for hydroxylation is 1. The molecule has 1 aromatic heterocycles. The van der Waals surface area contributed by atoms with Crippen molar-refractivity contribution in [2.45, 2.75) is 52.5 Å². The first-order valence-electron chi connectivity index (χ1n) is 9.21. The van der Waals surface area contributed by atoms with Crippen molar-refractivity contribution in [2.75, 3.05) is 5.32 Å². The largest absolute Gasteiger partial charge is 0.340 e. The highest BCUT2D eigenvalue weighted by molar-refractivity contribution is 7.15. The van der Waals surface area contributed by atoms with Gasteiger partial charge in [-0.3, -0.25) is 14.9 Å². The summed E-state index contributed by atoms with van der Waals surface area (Å²) in [6.45, 7) is 5.55. The van der Waals surface area contributed by atoms with Crippen LogP contribution in [-0.2, 0) is 11.2 Å². The summed E-state index contributed by atoms with van der Waals surface area (Å²) < 4.78 is 27.6. The van der Waals surface area contributed by atoms with E-state index in [1.54, 1.807) is 13.8 Å². The van der Waals surface area contributed by atoms with Gasteiger partial charge in [0.15, 0.2) is 0 Å². The van der Waals surface area contributed by atoms with Gasteiger partial charge in [-0.2, -0.15) is 0 Å². The van der Waals surface area contributed by atoms with Crippen LogP contribution < -0.4 is 10.6 Å². The molecular weight excluding hydrogens is 386 g/mol. The van der Waals surface area contributed by atoms with Gasteiger partial charge in [-0.05, 0) is 24.5 Å². The summed E-state index contributed by atoms with van der Waals surface area (Å²) in [5, 5.41) is 14.2. The summed E-state index contributed by atoms with van der Waals surface area (Å²) in [6.07, 6.45) is 3.98. The number of anilines is 1. The average Bonchev–Trinajstić information content (AvgIpc) is 3.06. The molecule has 0 saturated carbocycles. The fourth-order valence-electron chi connectivity index (χ4n) is 2.58. The molecule has 1 aromatic carbocycles. The van der Waals surface area contributed by atoms with E-state index in [1.807, 2.05) is 0 Å². The lowest BCUT2D eigenvalue weighted by Gasteiger charge is -2.21. The zero-order valence-corrected chi connectivity index (χ0v) is 16.9. The molecular formula is C19H24F2N4O2S. The maximum Gasteiger partial charge on any atom is 0.257 e. The normalized spacial score (nSPS) is 12.1. The fraction of sp³-hybridized carbons (Fsp3) is 0.474. The summed E-state index contributed by atoms with van der Waals surface area (Å²) in [5.74, 6) is -3.78. The van der Waals surface area contributed by atoms with Crippen molar-refractivity contribution in [2.24, 2.45) is 5.92 Å². The third-order valence-electron chi connectivity index (χ3n) is 4.12. The van der Waals surface area contributed by atoms with Gasteiger partial charge in [0.2, 0.25) is 11.0 Å². The van der Waals surface area contributed by atoms with Crippen molar-refractivity contribution in [3.05, 3.63) is 40.4 Å². The van der Waals surface area contributed by atoms with Crippen molar-refractivity contribution >= 4 is 28.3 Å². The van der Waals surface area contributed by atoms with Crippen molar-refractivity contribution in [3.63, 3.8) is 0 Å². The molecule has 0 radical (unpaired) electrons. The molecule has 0 saturated heterocycles. The van der Waals surface area contributed by atoms with E-state index in [-0.39, 0.29) is 5.92 Å². The molecule has 152 valence electrons. The van der Waals surface area contributed by atoms with Crippen LogP contribution in [0.5, 0.6) is 0 Å². The quantitative estimate of drug-likeness (QED) is 0.613. The van der Waals surface area contributed by atoms with Crippen molar-refractivity contribution < 1.29 is 18.4 Å². The Morgan fingerprint density at radius 1 is 1.14 bits per heavy atom. The topological polar surface area (TPSA) is 84.0 Å². The Balaban J connectivity index is 2.05. The lowest BCUT2D eigenvalue weighted by atomic mass is 10.0. The summed E-state index contributed by atoms with van der Waals surface area (Å²) in [5.41, 5.74) is -0.713. The zero-order valence-electron chi connectivity index (χ0n) is 16.1. The lowest BCUT2D eigenvalue weighted by molar-refractivity contribution is -0.118. The van der Waals surface area contributed by atoms with Crippen LogP contribution in [0.25, 0.3) is 0 Å². The first-order chi connectivity index (χ1) is 13.3. The number of carbonyl (C=O) groups is 2. The van der Waals surface area contributed by atoms with Gasteiger partial charge in [0, 0.05) is 6.42 Å². The van der Waals surface area contributed by atoms with Crippen LogP contribution in [0.15, 0.2) is 18.2 Å². The highest BCUT2D eigenvalue weighted by Gasteiger charge is 2.28. The molecule has 0 aliphatic heterocycles. The maximum absolute atomic E-state index is 13.8. The Morgan fingerprint density at radius 2 is 1.82 bits per heavy atom. The molecule has 1 atom stereocenters. The minimum atomic E-state index is -0.987. The highest BCUT2D eigenvalue weighted by Crippen LogP contribution is 2.19. The molecule has 0 spiro atoms. The number of rotatable bonds is 9. The molecule has 2 N–H and O–H groups in total. The van der Waals surface area contributed by atoms with E-state index in [9.17, 15) is 18.4 Å². The van der Waals surface area contributed by atoms with Crippen molar-refractivity contribution in [1.82, 2.24) is 15.5 Å². The summed E-state index contributed by atoms with van der Waals surface area (Å²) >= 11 is 1.27. The minimum Gasteiger partial charge on any atom is -0.340 e. The standard InChI is InChI=1S/C19H24F2N4O2S/c1-4-5-6-10-14-24-25-19(28-14)23-18(27)16(11(2)3)22-17(26)15-12(20)8-7-9-13(15)21/h7-9,11,16H,4-6,10H2,1-3H3,(H,22,26)(H,23,25,27). The highest BCUT2D eigenvalue weighted by atomic mass is 32.1. The smallest absolute Gasteiger partial charge is 0.257 e. The second kappa shape index (κ2) is 10.2. The number of hydrogen-bond donors (Lipinski definition) is 2. The van der Waals surface area contributed by atoms with Gasteiger partial charge >= 0.3 is 0 Å². The Bertz CT molecular complexity index is 806. The second-order valence-corrected chi connectivity index (χ2v) is 7.80. The first kappa shape index (κ1) is 21.9. The van der Waals surface area contributed by atoms with E-state index in [1.165, 1.54) is 17.4 Å². The van der Waals surface area contributed by atoms with Gasteiger partial charge in [0.25, 0.3) is 5.91 Å². The van der Waals surface area contributed by atoms with E-state index in [2.05, 4.69) is 27.8 Å². The summed E-state index contributed by atoms with van der Waals surface area (Å²) in [7, 11) is 0. The van der Waals surface area contributed by atoms with Gasteiger partial charge in [-0.1, -0.05) is 51.0 Å². The van der Waals surface area contributed by atoms with Gasteiger partial charge in [0.05, 0.1) is 0 Å². The fourth-order valence-corrected chi connectivity index (χ4v) is 3.36. The molecule has 6 nitrogen and oxygen atoms in total. The number of nitrogens with zero attached hydrogens (tertiary/aromatic N) is 2. The number of nitrogens with one attached hydrogen (secondary N) is 2. The molecule has 0 bridgehead atoms. The number of unbranched alkanes of at least 4 members (excludes halogenated alkanes) is 2. The molecule has 2 rings (SSSR count). The van der Waals surface area contributed by atoms with E-state index < -0.39 is 35.1 Å². The number of carbonyl (C=O) groups excluding carboxylic acids is 2. The number of hydrogen-bond acceptors (Lipinski definition) is 5. The number of amides is 2. The van der Waals surface area contributed by atoms with Gasteiger partial charge < -0.3 is 5.32 Å². The van der Waals surface area contributed by atoms with E-state index in [0.717, 1.165) is 42.8 Å². The van der Waals surface area contributed by atoms with Gasteiger partial charge in [-0.15, -0.1) is 10.2 Å². The predicted octanol–water partition coefficient (Wildman–Crippen LogP) is 3.94. The average molecular weight is 410 g/mol. The molecule has 2 amide bonds. The molecule has 0 aliphatic rings. The van der Waals surface area contributed by atoms with Crippen LogP contribution in [0.2, 0.25) is 0 Å². The second-order valence-electron chi connectivity index (χ2n) is 6.74. The van der Waals surface area contributed by atoms with Crippen LogP contribution in [0.4, 0.5) is 13.9 Å². The third-order valence-corrected chi connectivity index (χ3v) is 5.02. The third kappa shape index (κ3) is 5.79. The van der Waals surface area contributed by atoms with Gasteiger partial charge in [-0.25, -0.2) is 8.78 Å². The van der Waals surface area contributed by atoms with Crippen LogP contribution in [0, 0.1) is 17.6 Å². The van der Waals surface area contributed by atoms with Crippen LogP contribution in [0.1, 0.15) is 55.4 Å². The number of aromatic nitrogens is 2. The number of benzene rings is 1. The SMILES string of the molecule is CCCCCc1nnc(NC(=O)C(NC(=O)c2c(F)cccc2F)C(C)C)s1. The lowest BCUT2D eigenvalue weighted by Crippen LogP contribution is -2.47. The van der Waals surface area contributed by atoms with Crippen molar-refractivity contribution in [1.29, 1.82) is 0 Å². The molecule has 28 heavy (non-hydrogen) atoms. The van der Waals surface area contributed by atoms with E-state index >= 15 is 0 Å². The Labute approximate surface area is 166 Å². The van der Waals surface area contributed by atoms with Crippen LogP contribution in [-0.4, -0.2) is 28.1 Å².